The van der Waals surface area contributed by atoms with Crippen molar-refractivity contribution in [3.05, 3.63) is 58.3 Å². The van der Waals surface area contributed by atoms with Gasteiger partial charge in [-0.3, -0.25) is 0 Å². The quantitative estimate of drug-likeness (QED) is 0.890. The number of nitrogens with zero attached hydrogens (tertiary/aromatic N) is 1. The van der Waals surface area contributed by atoms with Crippen LogP contribution in [0.25, 0.3) is 0 Å². The lowest BCUT2D eigenvalue weighted by atomic mass is 10.0. The largest absolute Gasteiger partial charge is 0.496 e. The molecule has 0 bridgehead atoms. The van der Waals surface area contributed by atoms with Crippen LogP contribution in [-0.4, -0.2) is 20.7 Å². The molecular formula is C16H18BrFN2O. The molecule has 2 aromatic carbocycles. The predicted molar refractivity (Wildman–Crippen MR) is 87.3 cm³/mol. The van der Waals surface area contributed by atoms with E-state index < -0.39 is 0 Å². The number of methoxy groups -OCH3 is 1. The van der Waals surface area contributed by atoms with Gasteiger partial charge in [0, 0.05) is 13.6 Å². The lowest BCUT2D eigenvalue weighted by molar-refractivity contribution is 0.412. The number of para-hydroxylation sites is 1. The highest BCUT2D eigenvalue weighted by Crippen LogP contribution is 2.32. The molecule has 2 rings (SSSR count). The van der Waals surface area contributed by atoms with Gasteiger partial charge in [0.05, 0.1) is 23.3 Å². The standard InChI is InChI=1S/C16H18BrFN2O/c1-20(14-6-4-3-5-13(14)18)15(10-19)11-7-8-16(21-2)12(17)9-11/h3-9,15H,10,19H2,1-2H3. The predicted octanol–water partition coefficient (Wildman–Crippen LogP) is 3.73. The maximum atomic E-state index is 13.9. The Hall–Kier alpha value is -1.59. The molecule has 0 aromatic heterocycles. The van der Waals surface area contributed by atoms with Crippen LogP contribution in [0.3, 0.4) is 0 Å². The van der Waals surface area contributed by atoms with Gasteiger partial charge in [-0.25, -0.2) is 4.39 Å². The lowest BCUT2D eigenvalue weighted by Crippen LogP contribution is -2.31. The number of ether oxygens (including phenoxy) is 1. The van der Waals surface area contributed by atoms with Crippen LogP contribution in [0.5, 0.6) is 5.75 Å². The van der Waals surface area contributed by atoms with Crippen LogP contribution in [0, 0.1) is 5.82 Å². The van der Waals surface area contributed by atoms with Gasteiger partial charge in [0.2, 0.25) is 0 Å². The first-order valence-electron chi connectivity index (χ1n) is 6.59. The minimum absolute atomic E-state index is 0.121. The van der Waals surface area contributed by atoms with Gasteiger partial charge in [-0.15, -0.1) is 0 Å². The van der Waals surface area contributed by atoms with Gasteiger partial charge >= 0.3 is 0 Å². The molecule has 0 saturated heterocycles. The molecule has 0 aliphatic rings. The molecule has 5 heteroatoms. The molecule has 0 aliphatic heterocycles. The van der Waals surface area contributed by atoms with Crippen molar-refractivity contribution in [1.82, 2.24) is 0 Å². The molecule has 21 heavy (non-hydrogen) atoms. The number of hydrogen-bond donors (Lipinski definition) is 1. The Labute approximate surface area is 132 Å². The van der Waals surface area contributed by atoms with Crippen molar-refractivity contribution in [3.8, 4) is 5.75 Å². The molecule has 2 N–H and O–H groups in total. The van der Waals surface area contributed by atoms with E-state index >= 15 is 0 Å². The van der Waals surface area contributed by atoms with Crippen molar-refractivity contribution in [2.45, 2.75) is 6.04 Å². The molecule has 0 fully saturated rings. The van der Waals surface area contributed by atoms with E-state index in [-0.39, 0.29) is 11.9 Å². The van der Waals surface area contributed by atoms with Gasteiger partial charge in [0.1, 0.15) is 11.6 Å². The summed E-state index contributed by atoms with van der Waals surface area (Å²) >= 11 is 3.47. The number of halogens is 2. The maximum Gasteiger partial charge on any atom is 0.146 e. The van der Waals surface area contributed by atoms with Crippen LogP contribution in [-0.2, 0) is 0 Å². The number of likely N-dealkylation sites (N-methyl/N-ethyl adjacent to an activating group) is 1. The SMILES string of the molecule is COc1ccc(C(CN)N(C)c2ccccc2F)cc1Br. The summed E-state index contributed by atoms with van der Waals surface area (Å²) in [4.78, 5) is 1.85. The zero-order chi connectivity index (χ0) is 15.4. The van der Waals surface area contributed by atoms with Crippen LogP contribution in [0.1, 0.15) is 11.6 Å². The molecule has 112 valence electrons. The van der Waals surface area contributed by atoms with E-state index in [1.54, 1.807) is 19.2 Å². The highest BCUT2D eigenvalue weighted by Gasteiger charge is 2.19. The van der Waals surface area contributed by atoms with Crippen LogP contribution >= 0.6 is 15.9 Å². The third kappa shape index (κ3) is 3.36. The van der Waals surface area contributed by atoms with Crippen LogP contribution in [0.2, 0.25) is 0 Å². The summed E-state index contributed by atoms with van der Waals surface area (Å²) in [6.45, 7) is 0.379. The second-order valence-corrected chi connectivity index (χ2v) is 5.56. The van der Waals surface area contributed by atoms with E-state index in [1.807, 2.05) is 36.2 Å². The summed E-state index contributed by atoms with van der Waals surface area (Å²) in [5.41, 5.74) is 7.43. The Morgan fingerprint density at radius 2 is 2.00 bits per heavy atom. The van der Waals surface area contributed by atoms with Crippen LogP contribution in [0.15, 0.2) is 46.9 Å². The van der Waals surface area contributed by atoms with Gasteiger partial charge in [0.15, 0.2) is 0 Å². The summed E-state index contributed by atoms with van der Waals surface area (Å²) in [6.07, 6.45) is 0. The molecule has 1 atom stereocenters. The van der Waals surface area contributed by atoms with Crippen molar-refractivity contribution in [1.29, 1.82) is 0 Å². The molecule has 0 spiro atoms. The first-order valence-corrected chi connectivity index (χ1v) is 7.38. The van der Waals surface area contributed by atoms with Crippen molar-refractivity contribution >= 4 is 21.6 Å². The van der Waals surface area contributed by atoms with Crippen molar-refractivity contribution in [2.24, 2.45) is 5.73 Å². The fraction of sp³-hybridized carbons (Fsp3) is 0.250. The molecule has 0 aliphatic carbocycles. The fourth-order valence-electron chi connectivity index (χ4n) is 2.31. The number of nitrogens with two attached hydrogens (primary N) is 1. The van der Waals surface area contributed by atoms with Gasteiger partial charge in [-0.2, -0.15) is 0 Å². The van der Waals surface area contributed by atoms with E-state index in [1.165, 1.54) is 6.07 Å². The molecule has 1 unspecified atom stereocenters. The third-order valence-corrected chi connectivity index (χ3v) is 4.10. The summed E-state index contributed by atoms with van der Waals surface area (Å²) in [5.74, 6) is 0.495. The summed E-state index contributed by atoms with van der Waals surface area (Å²) in [7, 11) is 3.46. The minimum Gasteiger partial charge on any atom is -0.496 e. The van der Waals surface area contributed by atoms with Gasteiger partial charge < -0.3 is 15.4 Å². The van der Waals surface area contributed by atoms with E-state index in [0.717, 1.165) is 15.8 Å². The summed E-state index contributed by atoms with van der Waals surface area (Å²) in [6, 6.07) is 12.3. The minimum atomic E-state index is -0.258. The van der Waals surface area contributed by atoms with Crippen molar-refractivity contribution < 1.29 is 9.13 Å². The Morgan fingerprint density at radius 3 is 2.57 bits per heavy atom. The number of rotatable bonds is 5. The fourth-order valence-corrected chi connectivity index (χ4v) is 2.87. The second kappa shape index (κ2) is 6.91. The zero-order valence-corrected chi connectivity index (χ0v) is 13.6. The normalized spacial score (nSPS) is 12.0. The van der Waals surface area contributed by atoms with Crippen LogP contribution in [0.4, 0.5) is 10.1 Å². The molecule has 0 heterocycles. The molecular weight excluding hydrogens is 335 g/mol. The van der Waals surface area contributed by atoms with E-state index in [9.17, 15) is 4.39 Å². The maximum absolute atomic E-state index is 13.9. The molecule has 0 radical (unpaired) electrons. The first-order chi connectivity index (χ1) is 10.1. The molecule has 2 aromatic rings. The molecule has 3 nitrogen and oxygen atoms in total. The Balaban J connectivity index is 2.35. The highest BCUT2D eigenvalue weighted by atomic mass is 79.9. The second-order valence-electron chi connectivity index (χ2n) is 4.71. The van der Waals surface area contributed by atoms with Crippen molar-refractivity contribution in [3.63, 3.8) is 0 Å². The Morgan fingerprint density at radius 1 is 1.29 bits per heavy atom. The van der Waals surface area contributed by atoms with E-state index in [0.29, 0.717) is 12.2 Å². The van der Waals surface area contributed by atoms with Crippen molar-refractivity contribution in [2.75, 3.05) is 25.6 Å². The topological polar surface area (TPSA) is 38.5 Å². The number of hydrogen-bond acceptors (Lipinski definition) is 3. The lowest BCUT2D eigenvalue weighted by Gasteiger charge is -2.30. The number of anilines is 1. The zero-order valence-electron chi connectivity index (χ0n) is 12.0. The monoisotopic (exact) mass is 352 g/mol. The van der Waals surface area contributed by atoms with Gasteiger partial charge in [-0.1, -0.05) is 18.2 Å². The van der Waals surface area contributed by atoms with Crippen LogP contribution < -0.4 is 15.4 Å². The Bertz CT molecular complexity index is 621. The smallest absolute Gasteiger partial charge is 0.146 e. The van der Waals surface area contributed by atoms with Gasteiger partial charge in [0.25, 0.3) is 0 Å². The first kappa shape index (κ1) is 15.8. The Kier molecular flexibility index (Phi) is 5.20. The van der Waals surface area contributed by atoms with E-state index in [4.69, 9.17) is 10.5 Å². The third-order valence-electron chi connectivity index (χ3n) is 3.48. The number of benzene rings is 2. The van der Waals surface area contributed by atoms with E-state index in [2.05, 4.69) is 15.9 Å². The molecule has 0 saturated carbocycles. The molecule has 0 amide bonds. The van der Waals surface area contributed by atoms with Gasteiger partial charge in [-0.05, 0) is 45.8 Å². The summed E-state index contributed by atoms with van der Waals surface area (Å²) < 4.78 is 20.0. The summed E-state index contributed by atoms with van der Waals surface area (Å²) in [5, 5.41) is 0. The average molecular weight is 353 g/mol. The average Bonchev–Trinajstić information content (AvgIpc) is 2.48. The highest BCUT2D eigenvalue weighted by molar-refractivity contribution is 9.10.